The van der Waals surface area contributed by atoms with Crippen LogP contribution in [-0.2, 0) is 27.9 Å². The van der Waals surface area contributed by atoms with Crippen LogP contribution in [0.15, 0.2) is 12.2 Å². The van der Waals surface area contributed by atoms with Crippen molar-refractivity contribution in [2.45, 2.75) is 39.5 Å². The third-order valence-electron chi connectivity index (χ3n) is 2.37. The van der Waals surface area contributed by atoms with Gasteiger partial charge in [0, 0.05) is 14.2 Å². The molecule has 0 aliphatic carbocycles. The van der Waals surface area contributed by atoms with Crippen LogP contribution in [0.1, 0.15) is 33.6 Å². The van der Waals surface area contributed by atoms with Gasteiger partial charge in [-0.1, -0.05) is 19.9 Å². The topological polar surface area (TPSA) is 78.9 Å². The van der Waals surface area contributed by atoms with E-state index in [1.807, 2.05) is 13.8 Å². The zero-order valence-corrected chi connectivity index (χ0v) is 13.5. The summed E-state index contributed by atoms with van der Waals surface area (Å²) in [6.07, 6.45) is 3.59. The first kappa shape index (κ1) is 19.0. The van der Waals surface area contributed by atoms with E-state index in [4.69, 9.17) is 13.8 Å². The van der Waals surface area contributed by atoms with Gasteiger partial charge < -0.3 is 13.8 Å². The first-order valence-electron chi connectivity index (χ1n) is 6.32. The second kappa shape index (κ2) is 9.06. The summed E-state index contributed by atoms with van der Waals surface area (Å²) in [6, 6.07) is 0. The molecule has 0 heterocycles. The molecule has 0 fully saturated rings. The maximum atomic E-state index is 12.3. The number of esters is 1. The molecule has 0 aliphatic rings. The summed E-state index contributed by atoms with van der Waals surface area (Å²) in [7, 11) is -1.16. The fourth-order valence-corrected chi connectivity index (χ4v) is 2.48. The number of hydrogen-bond acceptors (Lipinski definition) is 6. The van der Waals surface area contributed by atoms with Crippen molar-refractivity contribution in [1.82, 2.24) is 0 Å². The number of carbonyl (C=O) groups is 2. The van der Waals surface area contributed by atoms with Crippen molar-refractivity contribution in [3.05, 3.63) is 12.2 Å². The van der Waals surface area contributed by atoms with E-state index < -0.39 is 19.4 Å². The van der Waals surface area contributed by atoms with Gasteiger partial charge in [0.2, 0.25) is 5.85 Å². The minimum absolute atomic E-state index is 0.329. The smallest absolute Gasteiger partial charge is 0.374 e. The number of allylic oxidation sites excluding steroid dienone is 1. The minimum atomic E-state index is -3.59. The van der Waals surface area contributed by atoms with Crippen LogP contribution >= 0.6 is 7.60 Å². The van der Waals surface area contributed by atoms with Crippen molar-refractivity contribution in [2.75, 3.05) is 14.2 Å². The minimum Gasteiger partial charge on any atom is -0.445 e. The highest BCUT2D eigenvalue weighted by molar-refractivity contribution is 7.54. The van der Waals surface area contributed by atoms with Crippen molar-refractivity contribution >= 4 is 19.3 Å². The lowest BCUT2D eigenvalue weighted by Gasteiger charge is -2.21. The lowest BCUT2D eigenvalue weighted by molar-refractivity contribution is -0.146. The summed E-state index contributed by atoms with van der Waals surface area (Å²) < 4.78 is 27.0. The molecule has 0 aliphatic heterocycles. The predicted octanol–water partition coefficient (Wildman–Crippen LogP) is 2.92. The summed E-state index contributed by atoms with van der Waals surface area (Å²) in [5, 5.41) is 0. The van der Waals surface area contributed by atoms with Crippen LogP contribution in [-0.4, -0.2) is 31.8 Å². The average Bonchev–Trinajstić information content (AvgIpc) is 2.35. The Morgan fingerprint density at radius 2 is 1.75 bits per heavy atom. The molecule has 0 rings (SSSR count). The van der Waals surface area contributed by atoms with Crippen molar-refractivity contribution in [3.8, 4) is 0 Å². The maximum absolute atomic E-state index is 12.3. The van der Waals surface area contributed by atoms with Gasteiger partial charge in [-0.15, -0.1) is 0 Å². The largest absolute Gasteiger partial charge is 0.445 e. The van der Waals surface area contributed by atoms with Crippen LogP contribution in [0.2, 0.25) is 0 Å². The quantitative estimate of drug-likeness (QED) is 0.282. The van der Waals surface area contributed by atoms with Crippen LogP contribution in [0, 0.1) is 5.92 Å². The van der Waals surface area contributed by atoms with E-state index in [9.17, 15) is 14.2 Å². The van der Waals surface area contributed by atoms with Crippen LogP contribution in [0.5, 0.6) is 0 Å². The standard InChI is InChI=1S/C13H23O6P/c1-10(2)7-6-8-13(20(16,17-4)18-5)19-12(15)9-11(3)14/h6,8,10,13H,7,9H2,1-5H3/b8-6+. The lowest BCUT2D eigenvalue weighted by atomic mass is 10.1. The van der Waals surface area contributed by atoms with E-state index in [-0.39, 0.29) is 12.2 Å². The number of hydrogen-bond donors (Lipinski definition) is 0. The SMILES string of the molecule is COP(=O)(OC)C(/C=C/CC(C)C)OC(=O)CC(C)=O. The second-order valence-electron chi connectivity index (χ2n) is 4.72. The van der Waals surface area contributed by atoms with Gasteiger partial charge in [0.25, 0.3) is 0 Å². The molecule has 0 amide bonds. The van der Waals surface area contributed by atoms with Crippen molar-refractivity contribution < 1.29 is 27.9 Å². The Labute approximate surface area is 120 Å². The number of ether oxygens (including phenoxy) is 1. The molecule has 1 unspecified atom stereocenters. The fourth-order valence-electron chi connectivity index (χ4n) is 1.34. The number of Topliss-reactive ketones (excluding diaryl/α,β-unsaturated/α-hetero) is 1. The zero-order chi connectivity index (χ0) is 15.8. The van der Waals surface area contributed by atoms with Gasteiger partial charge >= 0.3 is 13.6 Å². The molecule has 0 saturated carbocycles. The summed E-state index contributed by atoms with van der Waals surface area (Å²) in [5.41, 5.74) is 0. The molecule has 1 atom stereocenters. The van der Waals surface area contributed by atoms with Crippen LogP contribution in [0.3, 0.4) is 0 Å². The highest BCUT2D eigenvalue weighted by Gasteiger charge is 2.35. The Bertz CT molecular complexity index is 394. The molecule has 0 aromatic heterocycles. The molecule has 0 N–H and O–H groups in total. The van der Waals surface area contributed by atoms with Gasteiger partial charge in [0.15, 0.2) is 0 Å². The number of rotatable bonds is 9. The summed E-state index contributed by atoms with van der Waals surface area (Å²) in [4.78, 5) is 22.4. The first-order chi connectivity index (χ1) is 9.25. The Kier molecular flexibility index (Phi) is 8.62. The molecule has 0 saturated heterocycles. The molecule has 0 radical (unpaired) electrons. The molecule has 0 aromatic rings. The number of carbonyl (C=O) groups excluding carboxylic acids is 2. The van der Waals surface area contributed by atoms with Gasteiger partial charge in [-0.2, -0.15) is 0 Å². The first-order valence-corrected chi connectivity index (χ1v) is 7.93. The Morgan fingerprint density at radius 1 is 1.20 bits per heavy atom. The molecule has 0 aromatic carbocycles. The molecule has 116 valence electrons. The van der Waals surface area contributed by atoms with Crippen LogP contribution in [0.4, 0.5) is 0 Å². The number of ketones is 1. The van der Waals surface area contributed by atoms with E-state index in [1.165, 1.54) is 27.2 Å². The van der Waals surface area contributed by atoms with E-state index in [0.29, 0.717) is 5.92 Å². The molecular formula is C13H23O6P. The van der Waals surface area contributed by atoms with E-state index in [0.717, 1.165) is 6.42 Å². The van der Waals surface area contributed by atoms with Gasteiger partial charge in [-0.05, 0) is 25.3 Å². The van der Waals surface area contributed by atoms with Crippen molar-refractivity contribution in [1.29, 1.82) is 0 Å². The average molecular weight is 306 g/mol. The lowest BCUT2D eigenvalue weighted by Crippen LogP contribution is -2.19. The van der Waals surface area contributed by atoms with E-state index >= 15 is 0 Å². The highest BCUT2D eigenvalue weighted by Crippen LogP contribution is 2.52. The summed E-state index contributed by atoms with van der Waals surface area (Å²) in [5.74, 6) is -1.83. The van der Waals surface area contributed by atoms with E-state index in [1.54, 1.807) is 6.08 Å². The van der Waals surface area contributed by atoms with Gasteiger partial charge in [-0.3, -0.25) is 14.2 Å². The van der Waals surface area contributed by atoms with Crippen LogP contribution in [0.25, 0.3) is 0 Å². The molecule has 20 heavy (non-hydrogen) atoms. The Hall–Kier alpha value is -0.970. The normalized spacial score (nSPS) is 13.7. The van der Waals surface area contributed by atoms with Gasteiger partial charge in [0.1, 0.15) is 12.2 Å². The second-order valence-corrected chi connectivity index (χ2v) is 7.04. The monoisotopic (exact) mass is 306 g/mol. The zero-order valence-electron chi connectivity index (χ0n) is 12.6. The summed E-state index contributed by atoms with van der Waals surface area (Å²) >= 11 is 0. The molecule has 7 heteroatoms. The van der Waals surface area contributed by atoms with Gasteiger partial charge in [0.05, 0.1) is 0 Å². The third-order valence-corrected chi connectivity index (χ3v) is 4.29. The predicted molar refractivity (Wildman–Crippen MR) is 75.4 cm³/mol. The third kappa shape index (κ3) is 6.98. The van der Waals surface area contributed by atoms with Crippen LogP contribution < -0.4 is 0 Å². The Morgan fingerprint density at radius 3 is 2.15 bits per heavy atom. The van der Waals surface area contributed by atoms with Gasteiger partial charge in [-0.25, -0.2) is 0 Å². The highest BCUT2D eigenvalue weighted by atomic mass is 31.2. The summed E-state index contributed by atoms with van der Waals surface area (Å²) in [6.45, 7) is 5.32. The van der Waals surface area contributed by atoms with Crippen molar-refractivity contribution in [2.24, 2.45) is 5.92 Å². The molecule has 0 bridgehead atoms. The fraction of sp³-hybridized carbons (Fsp3) is 0.692. The maximum Gasteiger partial charge on any atom is 0.374 e. The van der Waals surface area contributed by atoms with E-state index in [2.05, 4.69) is 0 Å². The van der Waals surface area contributed by atoms with Crippen molar-refractivity contribution in [3.63, 3.8) is 0 Å². The molecule has 6 nitrogen and oxygen atoms in total. The molecule has 0 spiro atoms. The Balaban J connectivity index is 4.97. The molecular weight excluding hydrogens is 283 g/mol.